The number of unbranched alkanes of at least 4 members (excludes halogenated alkanes) is 1. The SMILES string of the molecule is CCCCNC(=O)Nc1ccc(OCC(=O)C(CNC(=O)CCc2ccccc2OC)C(N)c2c[nH]c3ccccc23)cc1. The lowest BCUT2D eigenvalue weighted by molar-refractivity contribution is -0.126. The lowest BCUT2D eigenvalue weighted by Gasteiger charge is -2.23. The zero-order chi connectivity index (χ0) is 31.3. The van der Waals surface area contributed by atoms with Crippen LogP contribution in [0.2, 0.25) is 0 Å². The van der Waals surface area contributed by atoms with Crippen molar-refractivity contribution in [1.82, 2.24) is 15.6 Å². The van der Waals surface area contributed by atoms with Crippen molar-refractivity contribution in [3.63, 3.8) is 0 Å². The number of aryl methyl sites for hydroxylation is 1. The first-order valence-corrected chi connectivity index (χ1v) is 14.9. The second-order valence-electron chi connectivity index (χ2n) is 10.6. The molecule has 10 nitrogen and oxygen atoms in total. The molecule has 0 saturated heterocycles. The van der Waals surface area contributed by atoms with Crippen LogP contribution in [0.5, 0.6) is 11.5 Å². The minimum atomic E-state index is -0.739. The number of para-hydroxylation sites is 2. The van der Waals surface area contributed by atoms with Crippen LogP contribution >= 0.6 is 0 Å². The molecule has 44 heavy (non-hydrogen) atoms. The summed E-state index contributed by atoms with van der Waals surface area (Å²) >= 11 is 0. The third-order valence-corrected chi connectivity index (χ3v) is 7.47. The van der Waals surface area contributed by atoms with Crippen molar-refractivity contribution in [2.45, 2.75) is 38.6 Å². The fourth-order valence-corrected chi connectivity index (χ4v) is 4.95. The molecule has 0 bridgehead atoms. The average molecular weight is 600 g/mol. The third kappa shape index (κ3) is 8.84. The smallest absolute Gasteiger partial charge is 0.319 e. The number of nitrogens with two attached hydrogens (primary N) is 1. The van der Waals surface area contributed by atoms with E-state index in [4.69, 9.17) is 15.2 Å². The molecule has 1 aromatic heterocycles. The lowest BCUT2D eigenvalue weighted by Crippen LogP contribution is -2.40. The Labute approximate surface area is 257 Å². The highest BCUT2D eigenvalue weighted by atomic mass is 16.5. The number of carbonyl (C=O) groups excluding carboxylic acids is 3. The second kappa shape index (κ2) is 16.1. The van der Waals surface area contributed by atoms with Crippen molar-refractivity contribution in [3.8, 4) is 11.5 Å². The van der Waals surface area contributed by atoms with Gasteiger partial charge in [-0.3, -0.25) is 9.59 Å². The van der Waals surface area contributed by atoms with Gasteiger partial charge in [-0.1, -0.05) is 49.7 Å². The first-order chi connectivity index (χ1) is 21.4. The zero-order valence-corrected chi connectivity index (χ0v) is 25.2. The van der Waals surface area contributed by atoms with E-state index in [2.05, 4.69) is 27.9 Å². The van der Waals surface area contributed by atoms with Crippen LogP contribution in [0.3, 0.4) is 0 Å². The van der Waals surface area contributed by atoms with E-state index in [1.165, 1.54) is 0 Å². The monoisotopic (exact) mass is 599 g/mol. The molecule has 4 rings (SSSR count). The summed E-state index contributed by atoms with van der Waals surface area (Å²) in [5.74, 6) is 0.0199. The number of aromatic nitrogens is 1. The van der Waals surface area contributed by atoms with Gasteiger partial charge >= 0.3 is 6.03 Å². The highest BCUT2D eigenvalue weighted by Crippen LogP contribution is 2.28. The summed E-state index contributed by atoms with van der Waals surface area (Å²) < 4.78 is 11.2. The van der Waals surface area contributed by atoms with Crippen LogP contribution in [0.4, 0.5) is 10.5 Å². The number of amides is 3. The van der Waals surface area contributed by atoms with Gasteiger partial charge in [-0.25, -0.2) is 4.79 Å². The Hall–Kier alpha value is -4.83. The molecule has 10 heteroatoms. The number of ketones is 1. The normalized spacial score (nSPS) is 12.2. The highest BCUT2D eigenvalue weighted by Gasteiger charge is 2.29. The van der Waals surface area contributed by atoms with Crippen LogP contribution in [0.1, 0.15) is 43.4 Å². The molecule has 0 aliphatic carbocycles. The van der Waals surface area contributed by atoms with Crippen LogP contribution in [-0.4, -0.2) is 49.5 Å². The molecule has 3 amide bonds. The van der Waals surface area contributed by atoms with E-state index in [9.17, 15) is 14.4 Å². The largest absolute Gasteiger partial charge is 0.496 e. The Morgan fingerprint density at radius 3 is 2.48 bits per heavy atom. The van der Waals surface area contributed by atoms with Crippen LogP contribution in [0.25, 0.3) is 10.9 Å². The molecular weight excluding hydrogens is 558 g/mol. The molecule has 0 saturated carbocycles. The number of aromatic amines is 1. The molecule has 1 heterocycles. The summed E-state index contributed by atoms with van der Waals surface area (Å²) in [4.78, 5) is 41.6. The maximum Gasteiger partial charge on any atom is 0.319 e. The predicted molar refractivity (Wildman–Crippen MR) is 172 cm³/mol. The van der Waals surface area contributed by atoms with Gasteiger partial charge in [0.1, 0.15) is 18.1 Å². The highest BCUT2D eigenvalue weighted by molar-refractivity contribution is 5.89. The van der Waals surface area contributed by atoms with Crippen molar-refractivity contribution in [2.75, 3.05) is 32.1 Å². The van der Waals surface area contributed by atoms with Gasteiger partial charge in [0.2, 0.25) is 5.91 Å². The van der Waals surface area contributed by atoms with Gasteiger partial charge in [-0.05, 0) is 60.4 Å². The molecule has 3 aromatic carbocycles. The molecule has 2 unspecified atom stereocenters. The molecular formula is C34H41N5O5. The van der Waals surface area contributed by atoms with E-state index < -0.39 is 12.0 Å². The molecule has 6 N–H and O–H groups in total. The van der Waals surface area contributed by atoms with Gasteiger partial charge in [0.15, 0.2) is 5.78 Å². The number of hydrogen-bond donors (Lipinski definition) is 5. The fourth-order valence-electron chi connectivity index (χ4n) is 4.95. The molecule has 232 valence electrons. The number of rotatable bonds is 16. The number of methoxy groups -OCH3 is 1. The molecule has 4 aromatic rings. The van der Waals surface area contributed by atoms with Gasteiger partial charge in [-0.2, -0.15) is 0 Å². The maximum absolute atomic E-state index is 13.6. The van der Waals surface area contributed by atoms with Crippen LogP contribution in [0, 0.1) is 5.92 Å². The molecule has 0 aliphatic heterocycles. The predicted octanol–water partition coefficient (Wildman–Crippen LogP) is 5.11. The molecule has 2 atom stereocenters. The van der Waals surface area contributed by atoms with Gasteiger partial charge in [0, 0.05) is 48.3 Å². The van der Waals surface area contributed by atoms with E-state index in [-0.39, 0.29) is 37.3 Å². The van der Waals surface area contributed by atoms with E-state index >= 15 is 0 Å². The standard InChI is InChI=1S/C34H41N5O5/c1-3-4-19-36-34(42)39-24-14-16-25(17-15-24)44-22-30(40)28(33(35)27-20-37-29-11-7-6-10-26(27)29)21-38-32(41)18-13-23-9-5-8-12-31(23)43-2/h5-12,14-17,20,28,33,37H,3-4,13,18-19,21-22,35H2,1-2H3,(H,38,41)(H2,36,39,42). The summed E-state index contributed by atoms with van der Waals surface area (Å²) in [7, 11) is 1.60. The Balaban J connectivity index is 1.39. The fraction of sp³-hybridized carbons (Fsp3) is 0.324. The average Bonchev–Trinajstić information content (AvgIpc) is 3.48. The van der Waals surface area contributed by atoms with Gasteiger partial charge in [0.25, 0.3) is 0 Å². The van der Waals surface area contributed by atoms with Crippen molar-refractivity contribution in [3.05, 3.63) is 90.1 Å². The molecule has 0 radical (unpaired) electrons. The number of ether oxygens (including phenoxy) is 2. The lowest BCUT2D eigenvalue weighted by atomic mass is 9.90. The van der Waals surface area contributed by atoms with Crippen molar-refractivity contribution in [1.29, 1.82) is 0 Å². The summed E-state index contributed by atoms with van der Waals surface area (Å²) in [5.41, 5.74) is 9.94. The number of nitrogens with one attached hydrogen (secondary N) is 4. The summed E-state index contributed by atoms with van der Waals surface area (Å²) in [6, 6.07) is 21.1. The van der Waals surface area contributed by atoms with Crippen LogP contribution in [-0.2, 0) is 16.0 Å². The summed E-state index contributed by atoms with van der Waals surface area (Å²) in [6.07, 6.45) is 4.44. The van der Waals surface area contributed by atoms with Gasteiger partial charge in [0.05, 0.1) is 13.0 Å². The number of anilines is 1. The summed E-state index contributed by atoms with van der Waals surface area (Å²) in [5, 5.41) is 9.40. The summed E-state index contributed by atoms with van der Waals surface area (Å²) in [6.45, 7) is 2.49. The molecule has 0 spiro atoms. The Kier molecular flexibility index (Phi) is 11.8. The number of H-pyrrole nitrogens is 1. The van der Waals surface area contributed by atoms with E-state index in [0.29, 0.717) is 24.4 Å². The first kappa shape index (κ1) is 32.1. The van der Waals surface area contributed by atoms with E-state index in [0.717, 1.165) is 40.6 Å². The zero-order valence-electron chi connectivity index (χ0n) is 25.2. The topological polar surface area (TPSA) is 148 Å². The minimum absolute atomic E-state index is 0.0592. The van der Waals surface area contributed by atoms with E-state index in [1.54, 1.807) is 31.4 Å². The second-order valence-corrected chi connectivity index (χ2v) is 10.6. The number of Topliss-reactive ketones (excluding diaryl/α,β-unsaturated/α-hetero) is 1. The van der Waals surface area contributed by atoms with Crippen molar-refractivity contribution < 1.29 is 23.9 Å². The number of benzene rings is 3. The van der Waals surface area contributed by atoms with Gasteiger partial charge < -0.3 is 36.1 Å². The minimum Gasteiger partial charge on any atom is -0.496 e. The van der Waals surface area contributed by atoms with E-state index in [1.807, 2.05) is 54.7 Å². The molecule has 0 fully saturated rings. The maximum atomic E-state index is 13.6. The number of urea groups is 1. The Bertz CT molecular complexity index is 1530. The Morgan fingerprint density at radius 1 is 0.955 bits per heavy atom. The van der Waals surface area contributed by atoms with Gasteiger partial charge in [-0.15, -0.1) is 0 Å². The van der Waals surface area contributed by atoms with Crippen molar-refractivity contribution >= 4 is 34.3 Å². The Morgan fingerprint density at radius 2 is 1.70 bits per heavy atom. The van der Waals surface area contributed by atoms with Crippen LogP contribution < -0.4 is 31.2 Å². The first-order valence-electron chi connectivity index (χ1n) is 14.9. The van der Waals surface area contributed by atoms with Crippen molar-refractivity contribution in [2.24, 2.45) is 11.7 Å². The number of hydrogen-bond acceptors (Lipinski definition) is 6. The quantitative estimate of drug-likeness (QED) is 0.113. The number of carbonyl (C=O) groups is 3. The molecule has 0 aliphatic rings. The third-order valence-electron chi connectivity index (χ3n) is 7.47. The number of fused-ring (bicyclic) bond motifs is 1. The van der Waals surface area contributed by atoms with Crippen LogP contribution in [0.15, 0.2) is 79.0 Å².